The Labute approximate surface area is 127 Å². The van der Waals surface area contributed by atoms with Crippen LogP contribution in [0.3, 0.4) is 0 Å². The number of ether oxygens (including phenoxy) is 1. The molecule has 1 atom stereocenters. The molecule has 120 valence electrons. The zero-order valence-corrected chi connectivity index (χ0v) is 13.8. The van der Waals surface area contributed by atoms with Crippen molar-refractivity contribution in [1.29, 1.82) is 0 Å². The average Bonchev–Trinajstić information content (AvgIpc) is 2.50. The maximum atomic E-state index is 5.13. The Morgan fingerprint density at radius 3 is 2.33 bits per heavy atom. The molecule has 0 aliphatic carbocycles. The number of nitrogens with zero attached hydrogens (tertiary/aromatic N) is 4. The second-order valence-corrected chi connectivity index (χ2v) is 4.93. The molecular formula is C14H28N6O. The van der Waals surface area contributed by atoms with Gasteiger partial charge in [-0.15, -0.1) is 0 Å². The Balaban J connectivity index is 2.71. The van der Waals surface area contributed by atoms with Crippen LogP contribution in [0.15, 0.2) is 0 Å². The lowest BCUT2D eigenvalue weighted by molar-refractivity contribution is 0.294. The van der Waals surface area contributed by atoms with Gasteiger partial charge in [0.2, 0.25) is 11.9 Å². The summed E-state index contributed by atoms with van der Waals surface area (Å²) < 4.78 is 5.13. The second-order valence-electron chi connectivity index (χ2n) is 4.93. The molecule has 0 saturated heterocycles. The fourth-order valence-corrected chi connectivity index (χ4v) is 1.96. The van der Waals surface area contributed by atoms with E-state index in [1.807, 2.05) is 0 Å². The van der Waals surface area contributed by atoms with E-state index in [2.05, 4.69) is 58.2 Å². The van der Waals surface area contributed by atoms with Crippen molar-refractivity contribution in [1.82, 2.24) is 19.9 Å². The van der Waals surface area contributed by atoms with Crippen molar-refractivity contribution in [2.45, 2.75) is 40.2 Å². The summed E-state index contributed by atoms with van der Waals surface area (Å²) in [5.74, 6) is 1.08. The zero-order chi connectivity index (χ0) is 15.7. The highest BCUT2D eigenvalue weighted by atomic mass is 16.5. The topological polar surface area (TPSA) is 75.2 Å². The van der Waals surface area contributed by atoms with Gasteiger partial charge in [-0.1, -0.05) is 20.8 Å². The van der Waals surface area contributed by atoms with Gasteiger partial charge in [0.15, 0.2) is 0 Å². The molecule has 0 bridgehead atoms. The standard InChI is InChI=1S/C14H28N6O/c1-6-9-15-12-17-13(19-14(18-12)21-5)16-11(4)10-20(7-2)8-3/h11H,6-10H2,1-5H3,(H2,15,16,17,18,19). The molecule has 0 spiro atoms. The largest absolute Gasteiger partial charge is 0.467 e. The van der Waals surface area contributed by atoms with Gasteiger partial charge in [-0.05, 0) is 26.4 Å². The van der Waals surface area contributed by atoms with Crippen molar-refractivity contribution in [2.24, 2.45) is 0 Å². The van der Waals surface area contributed by atoms with Crippen LogP contribution in [0.2, 0.25) is 0 Å². The van der Waals surface area contributed by atoms with Gasteiger partial charge in [0.25, 0.3) is 0 Å². The summed E-state index contributed by atoms with van der Waals surface area (Å²) in [5, 5.41) is 6.46. The Kier molecular flexibility index (Phi) is 7.74. The van der Waals surface area contributed by atoms with Gasteiger partial charge in [-0.25, -0.2) is 0 Å². The summed E-state index contributed by atoms with van der Waals surface area (Å²) in [7, 11) is 1.56. The predicted octanol–water partition coefficient (Wildman–Crippen LogP) is 1.84. The van der Waals surface area contributed by atoms with Gasteiger partial charge in [0, 0.05) is 19.1 Å². The number of likely N-dealkylation sites (N-methyl/N-ethyl adjacent to an activating group) is 1. The summed E-state index contributed by atoms with van der Waals surface area (Å²) in [6, 6.07) is 0.567. The number of hydrogen-bond acceptors (Lipinski definition) is 7. The molecular weight excluding hydrogens is 268 g/mol. The van der Waals surface area contributed by atoms with Gasteiger partial charge < -0.3 is 20.3 Å². The lowest BCUT2D eigenvalue weighted by Gasteiger charge is -2.23. The van der Waals surface area contributed by atoms with E-state index in [0.717, 1.165) is 32.6 Å². The van der Waals surface area contributed by atoms with E-state index in [4.69, 9.17) is 4.74 Å². The van der Waals surface area contributed by atoms with Crippen LogP contribution in [-0.2, 0) is 0 Å². The molecule has 0 aliphatic heterocycles. The van der Waals surface area contributed by atoms with Crippen molar-refractivity contribution in [3.63, 3.8) is 0 Å². The van der Waals surface area contributed by atoms with Crippen LogP contribution in [0.4, 0.5) is 11.9 Å². The van der Waals surface area contributed by atoms with E-state index in [-0.39, 0.29) is 6.04 Å². The minimum Gasteiger partial charge on any atom is -0.467 e. The summed E-state index contributed by atoms with van der Waals surface area (Å²) in [6.45, 7) is 12.4. The highest BCUT2D eigenvalue weighted by Gasteiger charge is 2.11. The first-order chi connectivity index (χ1) is 10.1. The van der Waals surface area contributed by atoms with Gasteiger partial charge in [-0.2, -0.15) is 15.0 Å². The normalized spacial score (nSPS) is 12.3. The van der Waals surface area contributed by atoms with Gasteiger partial charge >= 0.3 is 6.01 Å². The van der Waals surface area contributed by atoms with E-state index < -0.39 is 0 Å². The van der Waals surface area contributed by atoms with Crippen LogP contribution in [0.1, 0.15) is 34.1 Å². The first-order valence-corrected chi connectivity index (χ1v) is 7.65. The van der Waals surface area contributed by atoms with Crippen molar-refractivity contribution < 1.29 is 4.74 Å². The van der Waals surface area contributed by atoms with Crippen LogP contribution in [-0.4, -0.2) is 59.2 Å². The van der Waals surface area contributed by atoms with E-state index >= 15 is 0 Å². The van der Waals surface area contributed by atoms with Crippen LogP contribution >= 0.6 is 0 Å². The van der Waals surface area contributed by atoms with Crippen molar-refractivity contribution in [2.75, 3.05) is 43.9 Å². The molecule has 1 aromatic rings. The summed E-state index contributed by atoms with van der Waals surface area (Å²) in [4.78, 5) is 15.2. The minimum absolute atomic E-state index is 0.246. The fourth-order valence-electron chi connectivity index (χ4n) is 1.96. The number of hydrogen-bond donors (Lipinski definition) is 2. The van der Waals surface area contributed by atoms with Crippen LogP contribution in [0.25, 0.3) is 0 Å². The molecule has 0 radical (unpaired) electrons. The lowest BCUT2D eigenvalue weighted by Crippen LogP contribution is -2.35. The Morgan fingerprint density at radius 2 is 1.76 bits per heavy atom. The van der Waals surface area contributed by atoms with Crippen molar-refractivity contribution in [3.8, 4) is 6.01 Å². The maximum absolute atomic E-state index is 5.13. The Morgan fingerprint density at radius 1 is 1.10 bits per heavy atom. The molecule has 21 heavy (non-hydrogen) atoms. The first-order valence-electron chi connectivity index (χ1n) is 7.65. The molecule has 2 N–H and O–H groups in total. The number of methoxy groups -OCH3 is 1. The third-order valence-corrected chi connectivity index (χ3v) is 3.13. The maximum Gasteiger partial charge on any atom is 0.322 e. The fraction of sp³-hybridized carbons (Fsp3) is 0.786. The molecule has 1 rings (SSSR count). The molecule has 7 heteroatoms. The van der Waals surface area contributed by atoms with E-state index in [9.17, 15) is 0 Å². The third kappa shape index (κ3) is 6.12. The lowest BCUT2D eigenvalue weighted by atomic mass is 10.3. The summed E-state index contributed by atoms with van der Waals surface area (Å²) in [6.07, 6.45) is 1.01. The van der Waals surface area contributed by atoms with Crippen LogP contribution < -0.4 is 15.4 Å². The number of nitrogens with one attached hydrogen (secondary N) is 2. The molecule has 0 fully saturated rings. The molecule has 0 amide bonds. The third-order valence-electron chi connectivity index (χ3n) is 3.13. The van der Waals surface area contributed by atoms with E-state index in [1.54, 1.807) is 7.11 Å². The summed E-state index contributed by atoms with van der Waals surface area (Å²) >= 11 is 0. The molecule has 1 heterocycles. The molecule has 0 aliphatic rings. The first kappa shape index (κ1) is 17.4. The van der Waals surface area contributed by atoms with Gasteiger partial charge in [0.1, 0.15) is 0 Å². The van der Waals surface area contributed by atoms with E-state index in [0.29, 0.717) is 17.9 Å². The molecule has 1 unspecified atom stereocenters. The zero-order valence-electron chi connectivity index (χ0n) is 13.8. The van der Waals surface area contributed by atoms with Crippen LogP contribution in [0, 0.1) is 0 Å². The molecule has 0 saturated carbocycles. The number of aromatic nitrogens is 3. The monoisotopic (exact) mass is 296 g/mol. The predicted molar refractivity (Wildman–Crippen MR) is 86.0 cm³/mol. The highest BCUT2D eigenvalue weighted by molar-refractivity contribution is 5.36. The SMILES string of the molecule is CCCNc1nc(NC(C)CN(CC)CC)nc(OC)n1. The van der Waals surface area contributed by atoms with Crippen molar-refractivity contribution >= 4 is 11.9 Å². The smallest absolute Gasteiger partial charge is 0.322 e. The molecule has 1 aromatic heterocycles. The van der Waals surface area contributed by atoms with E-state index in [1.165, 1.54) is 0 Å². The molecule has 0 aromatic carbocycles. The Bertz CT molecular complexity index is 410. The van der Waals surface area contributed by atoms with Crippen molar-refractivity contribution in [3.05, 3.63) is 0 Å². The van der Waals surface area contributed by atoms with Gasteiger partial charge in [0.05, 0.1) is 7.11 Å². The van der Waals surface area contributed by atoms with Gasteiger partial charge in [-0.3, -0.25) is 0 Å². The molecule has 7 nitrogen and oxygen atoms in total. The highest BCUT2D eigenvalue weighted by Crippen LogP contribution is 2.12. The minimum atomic E-state index is 0.246. The Hall–Kier alpha value is -1.63. The second kappa shape index (κ2) is 9.33. The quantitative estimate of drug-likeness (QED) is 0.682. The number of rotatable bonds is 10. The summed E-state index contributed by atoms with van der Waals surface area (Å²) in [5.41, 5.74) is 0. The van der Waals surface area contributed by atoms with Crippen LogP contribution in [0.5, 0.6) is 6.01 Å². The number of anilines is 2. The average molecular weight is 296 g/mol.